The molecule has 0 saturated heterocycles. The summed E-state index contributed by atoms with van der Waals surface area (Å²) >= 11 is 7.96. The predicted molar refractivity (Wildman–Crippen MR) is 69.8 cm³/mol. The van der Waals surface area contributed by atoms with Gasteiger partial charge in [-0.3, -0.25) is 0 Å². The first-order chi connectivity index (χ1) is 7.17. The number of nitrogens with one attached hydrogen (secondary N) is 1. The van der Waals surface area contributed by atoms with Crippen LogP contribution in [0.25, 0.3) is 0 Å². The van der Waals surface area contributed by atoms with Crippen LogP contribution in [0.15, 0.2) is 12.1 Å². The van der Waals surface area contributed by atoms with Crippen LogP contribution in [0.3, 0.4) is 0 Å². The molecule has 0 saturated carbocycles. The number of rotatable bonds is 5. The quantitative estimate of drug-likeness (QED) is 0.853. The maximum absolute atomic E-state index is 6.08. The van der Waals surface area contributed by atoms with Crippen LogP contribution >= 0.6 is 23.4 Å². The summed E-state index contributed by atoms with van der Waals surface area (Å²) in [6.45, 7) is 4.41. The van der Waals surface area contributed by atoms with Crippen molar-refractivity contribution in [2.24, 2.45) is 0 Å². The summed E-state index contributed by atoms with van der Waals surface area (Å²) in [5, 5.41) is 4.43. The van der Waals surface area contributed by atoms with Gasteiger partial charge in [-0.15, -0.1) is 0 Å². The molecule has 84 valence electrons. The van der Waals surface area contributed by atoms with Gasteiger partial charge in [0, 0.05) is 18.1 Å². The highest BCUT2D eigenvalue weighted by atomic mass is 35.5. The standard InChI is InChI=1S/C11H17ClN2S/c1-4-8(2)15-7-10-9(12)5-6-11(13-3)14-10/h5-6,8H,4,7H2,1-3H3,(H,13,14). The van der Waals surface area contributed by atoms with E-state index in [1.165, 1.54) is 6.42 Å². The van der Waals surface area contributed by atoms with Gasteiger partial charge in [-0.1, -0.05) is 25.4 Å². The lowest BCUT2D eigenvalue weighted by molar-refractivity contribution is 0.904. The fourth-order valence-electron chi connectivity index (χ4n) is 1.06. The number of thioether (sulfide) groups is 1. The topological polar surface area (TPSA) is 24.9 Å². The molecule has 1 rings (SSSR count). The third-order valence-corrected chi connectivity index (χ3v) is 3.94. The smallest absolute Gasteiger partial charge is 0.126 e. The van der Waals surface area contributed by atoms with Crippen molar-refractivity contribution in [3.63, 3.8) is 0 Å². The van der Waals surface area contributed by atoms with Gasteiger partial charge in [-0.2, -0.15) is 11.8 Å². The zero-order valence-electron chi connectivity index (χ0n) is 9.38. The van der Waals surface area contributed by atoms with Gasteiger partial charge in [0.2, 0.25) is 0 Å². The molecule has 0 aromatic carbocycles. The Labute approximate surface area is 101 Å². The fraction of sp³-hybridized carbons (Fsp3) is 0.545. The van der Waals surface area contributed by atoms with E-state index in [1.807, 2.05) is 30.9 Å². The second-order valence-corrected chi connectivity index (χ2v) is 5.24. The molecule has 0 aliphatic heterocycles. The van der Waals surface area contributed by atoms with Crippen LogP contribution in [-0.2, 0) is 5.75 Å². The molecule has 2 nitrogen and oxygen atoms in total. The van der Waals surface area contributed by atoms with Gasteiger partial charge in [0.1, 0.15) is 5.82 Å². The second kappa shape index (κ2) is 6.23. The van der Waals surface area contributed by atoms with E-state index in [9.17, 15) is 0 Å². The Morgan fingerprint density at radius 1 is 1.53 bits per heavy atom. The molecule has 0 radical (unpaired) electrons. The summed E-state index contributed by atoms with van der Waals surface area (Å²) in [6, 6.07) is 3.78. The van der Waals surface area contributed by atoms with Crippen molar-refractivity contribution in [3.05, 3.63) is 22.8 Å². The van der Waals surface area contributed by atoms with E-state index in [0.717, 1.165) is 22.3 Å². The molecule has 0 bridgehead atoms. The molecule has 4 heteroatoms. The number of hydrogen-bond acceptors (Lipinski definition) is 3. The lowest BCUT2D eigenvalue weighted by Gasteiger charge is -2.09. The average molecular weight is 245 g/mol. The summed E-state index contributed by atoms with van der Waals surface area (Å²) in [4.78, 5) is 4.43. The van der Waals surface area contributed by atoms with Gasteiger partial charge >= 0.3 is 0 Å². The van der Waals surface area contributed by atoms with Crippen LogP contribution in [0.4, 0.5) is 5.82 Å². The highest BCUT2D eigenvalue weighted by Gasteiger charge is 2.06. The van der Waals surface area contributed by atoms with E-state index < -0.39 is 0 Å². The Kier molecular flexibility index (Phi) is 5.26. The van der Waals surface area contributed by atoms with E-state index in [0.29, 0.717) is 5.25 Å². The molecular weight excluding hydrogens is 228 g/mol. The number of pyridine rings is 1. The molecule has 1 heterocycles. The zero-order valence-corrected chi connectivity index (χ0v) is 11.0. The third-order valence-electron chi connectivity index (χ3n) is 2.25. The molecular formula is C11H17ClN2S. The Balaban J connectivity index is 2.66. The first-order valence-corrected chi connectivity index (χ1v) is 6.54. The van der Waals surface area contributed by atoms with Crippen LogP contribution in [0.1, 0.15) is 26.0 Å². The van der Waals surface area contributed by atoms with Crippen molar-refractivity contribution < 1.29 is 0 Å². The largest absolute Gasteiger partial charge is 0.373 e. The molecule has 15 heavy (non-hydrogen) atoms. The molecule has 1 aromatic heterocycles. The normalized spacial score (nSPS) is 12.5. The van der Waals surface area contributed by atoms with Crippen molar-refractivity contribution in [1.82, 2.24) is 4.98 Å². The lowest BCUT2D eigenvalue weighted by atomic mass is 10.3. The van der Waals surface area contributed by atoms with Crippen LogP contribution < -0.4 is 5.32 Å². The summed E-state index contributed by atoms with van der Waals surface area (Å²) in [7, 11) is 1.86. The van der Waals surface area contributed by atoms with Crippen molar-refractivity contribution >= 4 is 29.2 Å². The Bertz CT molecular complexity index is 317. The van der Waals surface area contributed by atoms with Gasteiger partial charge in [-0.25, -0.2) is 4.98 Å². The van der Waals surface area contributed by atoms with Crippen molar-refractivity contribution in [3.8, 4) is 0 Å². The molecule has 0 fully saturated rings. The molecule has 1 unspecified atom stereocenters. The predicted octanol–water partition coefficient (Wildman–Crippen LogP) is 3.81. The highest BCUT2D eigenvalue weighted by molar-refractivity contribution is 7.99. The first kappa shape index (κ1) is 12.7. The molecule has 1 atom stereocenters. The van der Waals surface area contributed by atoms with Gasteiger partial charge in [-0.05, 0) is 18.6 Å². The molecule has 0 aliphatic carbocycles. The SMILES string of the molecule is CCC(C)SCc1nc(NC)ccc1Cl. The van der Waals surface area contributed by atoms with E-state index >= 15 is 0 Å². The van der Waals surface area contributed by atoms with Crippen molar-refractivity contribution in [1.29, 1.82) is 0 Å². The van der Waals surface area contributed by atoms with Crippen LogP contribution in [0.5, 0.6) is 0 Å². The number of aromatic nitrogens is 1. The van der Waals surface area contributed by atoms with Gasteiger partial charge < -0.3 is 5.32 Å². The van der Waals surface area contributed by atoms with Crippen LogP contribution in [0.2, 0.25) is 5.02 Å². The summed E-state index contributed by atoms with van der Waals surface area (Å²) in [5.74, 6) is 1.75. The molecule has 1 aromatic rings. The summed E-state index contributed by atoms with van der Waals surface area (Å²) in [5.41, 5.74) is 0.966. The van der Waals surface area contributed by atoms with E-state index in [-0.39, 0.29) is 0 Å². The summed E-state index contributed by atoms with van der Waals surface area (Å²) < 4.78 is 0. The van der Waals surface area contributed by atoms with Gasteiger partial charge in [0.25, 0.3) is 0 Å². The maximum Gasteiger partial charge on any atom is 0.126 e. The van der Waals surface area contributed by atoms with Crippen molar-refractivity contribution in [2.45, 2.75) is 31.3 Å². The molecule has 1 N–H and O–H groups in total. The van der Waals surface area contributed by atoms with Gasteiger partial charge in [0.05, 0.1) is 10.7 Å². The Morgan fingerprint density at radius 3 is 2.87 bits per heavy atom. The number of halogens is 1. The maximum atomic E-state index is 6.08. The lowest BCUT2D eigenvalue weighted by Crippen LogP contribution is -1.99. The van der Waals surface area contributed by atoms with Crippen LogP contribution in [0, 0.1) is 0 Å². The molecule has 0 spiro atoms. The van der Waals surface area contributed by atoms with Crippen LogP contribution in [-0.4, -0.2) is 17.3 Å². The fourth-order valence-corrected chi connectivity index (χ4v) is 2.21. The van der Waals surface area contributed by atoms with Gasteiger partial charge in [0.15, 0.2) is 0 Å². The number of hydrogen-bond donors (Lipinski definition) is 1. The first-order valence-electron chi connectivity index (χ1n) is 5.12. The minimum Gasteiger partial charge on any atom is -0.373 e. The minimum absolute atomic E-state index is 0.654. The van der Waals surface area contributed by atoms with E-state index in [4.69, 9.17) is 11.6 Å². The molecule has 0 amide bonds. The highest BCUT2D eigenvalue weighted by Crippen LogP contribution is 2.24. The number of anilines is 1. The zero-order chi connectivity index (χ0) is 11.3. The van der Waals surface area contributed by atoms with Crippen molar-refractivity contribution in [2.75, 3.05) is 12.4 Å². The minimum atomic E-state index is 0.654. The Hall–Kier alpha value is -0.410. The summed E-state index contributed by atoms with van der Waals surface area (Å²) in [6.07, 6.45) is 1.17. The molecule has 0 aliphatic rings. The monoisotopic (exact) mass is 244 g/mol. The van der Waals surface area contributed by atoms with E-state index in [2.05, 4.69) is 24.1 Å². The Morgan fingerprint density at radius 2 is 2.27 bits per heavy atom. The second-order valence-electron chi connectivity index (χ2n) is 3.40. The van der Waals surface area contributed by atoms with E-state index in [1.54, 1.807) is 0 Å². The number of nitrogens with zero attached hydrogens (tertiary/aromatic N) is 1. The third kappa shape index (κ3) is 3.92. The average Bonchev–Trinajstić information content (AvgIpc) is 2.27.